The minimum absolute atomic E-state index is 0.107. The van der Waals surface area contributed by atoms with E-state index in [-0.39, 0.29) is 18.4 Å². The highest BCUT2D eigenvalue weighted by Gasteiger charge is 2.33. The van der Waals surface area contributed by atoms with Crippen LogP contribution in [0.4, 0.5) is 0 Å². The molecule has 26 heavy (non-hydrogen) atoms. The van der Waals surface area contributed by atoms with E-state index in [1.165, 1.54) is 0 Å². The van der Waals surface area contributed by atoms with Crippen LogP contribution in [-0.2, 0) is 4.79 Å². The van der Waals surface area contributed by atoms with Crippen LogP contribution in [0.5, 0.6) is 11.5 Å². The monoisotopic (exact) mass is 353 g/mol. The van der Waals surface area contributed by atoms with Crippen molar-refractivity contribution < 1.29 is 19.1 Å². The SMILES string of the molecule is O=C(c1ccccn1)N1CCN(C(=O)[C@H]2COc3ccccc3O2)CC1. The maximum absolute atomic E-state index is 12.7. The van der Waals surface area contributed by atoms with Gasteiger partial charge in [-0.1, -0.05) is 18.2 Å². The van der Waals surface area contributed by atoms with Gasteiger partial charge in [-0.2, -0.15) is 0 Å². The summed E-state index contributed by atoms with van der Waals surface area (Å²) in [6.07, 6.45) is 0.952. The van der Waals surface area contributed by atoms with Crippen LogP contribution < -0.4 is 9.47 Å². The van der Waals surface area contributed by atoms with Crippen LogP contribution in [-0.4, -0.2) is 65.5 Å². The van der Waals surface area contributed by atoms with Crippen LogP contribution in [0.25, 0.3) is 0 Å². The highest BCUT2D eigenvalue weighted by atomic mass is 16.6. The van der Waals surface area contributed by atoms with E-state index < -0.39 is 6.10 Å². The van der Waals surface area contributed by atoms with Crippen molar-refractivity contribution in [3.8, 4) is 11.5 Å². The van der Waals surface area contributed by atoms with E-state index in [2.05, 4.69) is 4.98 Å². The normalized spacial score (nSPS) is 19.2. The molecule has 4 rings (SSSR count). The largest absolute Gasteiger partial charge is 0.485 e. The highest BCUT2D eigenvalue weighted by Crippen LogP contribution is 2.31. The lowest BCUT2D eigenvalue weighted by atomic mass is 10.2. The van der Waals surface area contributed by atoms with Crippen LogP contribution in [0.1, 0.15) is 10.5 Å². The second kappa shape index (κ2) is 7.03. The highest BCUT2D eigenvalue weighted by molar-refractivity contribution is 5.92. The van der Waals surface area contributed by atoms with Gasteiger partial charge in [-0.3, -0.25) is 14.6 Å². The third-order valence-electron chi connectivity index (χ3n) is 4.55. The van der Waals surface area contributed by atoms with E-state index in [9.17, 15) is 9.59 Å². The Hall–Kier alpha value is -3.09. The fraction of sp³-hybridized carbons (Fsp3) is 0.316. The van der Waals surface area contributed by atoms with Crippen molar-refractivity contribution in [1.29, 1.82) is 0 Å². The topological polar surface area (TPSA) is 72.0 Å². The third kappa shape index (κ3) is 3.20. The van der Waals surface area contributed by atoms with Gasteiger partial charge in [0.25, 0.3) is 11.8 Å². The molecule has 1 aromatic heterocycles. The molecule has 0 aliphatic carbocycles. The fourth-order valence-electron chi connectivity index (χ4n) is 3.13. The third-order valence-corrected chi connectivity index (χ3v) is 4.55. The van der Waals surface area contributed by atoms with E-state index >= 15 is 0 Å². The lowest BCUT2D eigenvalue weighted by Gasteiger charge is -2.37. The van der Waals surface area contributed by atoms with E-state index in [1.807, 2.05) is 18.2 Å². The zero-order valence-electron chi connectivity index (χ0n) is 14.2. The number of amides is 2. The molecule has 0 radical (unpaired) electrons. The zero-order valence-corrected chi connectivity index (χ0v) is 14.2. The first-order chi connectivity index (χ1) is 12.7. The Kier molecular flexibility index (Phi) is 4.43. The number of ether oxygens (including phenoxy) is 2. The molecule has 0 bridgehead atoms. The summed E-state index contributed by atoms with van der Waals surface area (Å²) >= 11 is 0. The fourth-order valence-corrected chi connectivity index (χ4v) is 3.13. The average molecular weight is 353 g/mol. The zero-order chi connectivity index (χ0) is 17.9. The number of hydrogen-bond donors (Lipinski definition) is 0. The molecule has 0 saturated carbocycles. The predicted molar refractivity (Wildman–Crippen MR) is 93.1 cm³/mol. The minimum atomic E-state index is -0.650. The molecule has 1 atom stereocenters. The molecule has 1 aromatic carbocycles. The standard InChI is InChI=1S/C19H19N3O4/c23-18(14-5-3-4-8-20-14)21-9-11-22(12-10-21)19(24)17-13-25-15-6-1-2-7-16(15)26-17/h1-8,17H,9-13H2/t17-/m1/s1. The number of nitrogens with zero attached hydrogens (tertiary/aromatic N) is 3. The quantitative estimate of drug-likeness (QED) is 0.811. The van der Waals surface area contributed by atoms with E-state index in [1.54, 1.807) is 40.3 Å². The van der Waals surface area contributed by atoms with Crippen LogP contribution in [0.3, 0.4) is 0 Å². The van der Waals surface area contributed by atoms with Crippen molar-refractivity contribution in [2.75, 3.05) is 32.8 Å². The Labute approximate surface area is 151 Å². The van der Waals surface area contributed by atoms with Gasteiger partial charge >= 0.3 is 0 Å². The summed E-state index contributed by atoms with van der Waals surface area (Å²) in [6.45, 7) is 2.09. The first-order valence-corrected chi connectivity index (χ1v) is 8.60. The molecule has 1 fully saturated rings. The molecule has 2 amide bonds. The predicted octanol–water partition coefficient (Wildman–Crippen LogP) is 1.21. The summed E-state index contributed by atoms with van der Waals surface area (Å²) in [6, 6.07) is 12.6. The summed E-state index contributed by atoms with van der Waals surface area (Å²) < 4.78 is 11.4. The number of pyridine rings is 1. The maximum Gasteiger partial charge on any atom is 0.272 e. The molecule has 0 unspecified atom stereocenters. The molecule has 0 spiro atoms. The molecule has 2 aliphatic rings. The number of para-hydroxylation sites is 2. The Morgan fingerprint density at radius 3 is 2.35 bits per heavy atom. The minimum Gasteiger partial charge on any atom is -0.485 e. The summed E-state index contributed by atoms with van der Waals surface area (Å²) in [4.78, 5) is 32.7. The van der Waals surface area contributed by atoms with Crippen LogP contribution >= 0.6 is 0 Å². The molecule has 7 nitrogen and oxygen atoms in total. The molecular formula is C19H19N3O4. The van der Waals surface area contributed by atoms with E-state index in [0.717, 1.165) is 0 Å². The molecule has 1 saturated heterocycles. The smallest absolute Gasteiger partial charge is 0.272 e. The number of rotatable bonds is 2. The molecule has 134 valence electrons. The Morgan fingerprint density at radius 1 is 0.923 bits per heavy atom. The van der Waals surface area contributed by atoms with Crippen LogP contribution in [0, 0.1) is 0 Å². The van der Waals surface area contributed by atoms with Crippen molar-refractivity contribution in [2.24, 2.45) is 0 Å². The second-order valence-corrected chi connectivity index (χ2v) is 6.20. The number of fused-ring (bicyclic) bond motifs is 1. The summed E-state index contributed by atoms with van der Waals surface area (Å²) in [7, 11) is 0. The van der Waals surface area contributed by atoms with Gasteiger partial charge < -0.3 is 19.3 Å². The van der Waals surface area contributed by atoms with Crippen molar-refractivity contribution in [3.63, 3.8) is 0 Å². The van der Waals surface area contributed by atoms with Gasteiger partial charge in [-0.05, 0) is 24.3 Å². The molecule has 7 heteroatoms. The summed E-state index contributed by atoms with van der Waals surface area (Å²) in [5.41, 5.74) is 0.424. The second-order valence-electron chi connectivity index (χ2n) is 6.20. The van der Waals surface area contributed by atoms with E-state index in [4.69, 9.17) is 9.47 Å². The first kappa shape index (κ1) is 16.4. The van der Waals surface area contributed by atoms with Gasteiger partial charge in [0.05, 0.1) is 0 Å². The van der Waals surface area contributed by atoms with Crippen molar-refractivity contribution in [3.05, 3.63) is 54.4 Å². The van der Waals surface area contributed by atoms with Gasteiger partial charge in [0.15, 0.2) is 11.5 Å². The lowest BCUT2D eigenvalue weighted by molar-refractivity contribution is -0.142. The average Bonchev–Trinajstić information content (AvgIpc) is 2.73. The summed E-state index contributed by atoms with van der Waals surface area (Å²) in [5.74, 6) is 1.02. The maximum atomic E-state index is 12.7. The van der Waals surface area contributed by atoms with Crippen molar-refractivity contribution in [1.82, 2.24) is 14.8 Å². The lowest BCUT2D eigenvalue weighted by Crippen LogP contribution is -2.55. The van der Waals surface area contributed by atoms with Gasteiger partial charge in [-0.25, -0.2) is 0 Å². The number of piperazine rings is 1. The van der Waals surface area contributed by atoms with Gasteiger partial charge in [0, 0.05) is 32.4 Å². The number of hydrogen-bond acceptors (Lipinski definition) is 5. The summed E-state index contributed by atoms with van der Waals surface area (Å²) in [5, 5.41) is 0. The number of aromatic nitrogens is 1. The Balaban J connectivity index is 1.35. The Morgan fingerprint density at radius 2 is 1.62 bits per heavy atom. The molecule has 2 aromatic rings. The van der Waals surface area contributed by atoms with Crippen molar-refractivity contribution >= 4 is 11.8 Å². The first-order valence-electron chi connectivity index (χ1n) is 8.60. The molecule has 3 heterocycles. The number of benzene rings is 1. The van der Waals surface area contributed by atoms with Gasteiger partial charge in [0.1, 0.15) is 12.3 Å². The van der Waals surface area contributed by atoms with Gasteiger partial charge in [-0.15, -0.1) is 0 Å². The molecule has 0 N–H and O–H groups in total. The number of carbonyl (C=O) groups is 2. The van der Waals surface area contributed by atoms with Crippen LogP contribution in [0.15, 0.2) is 48.7 Å². The molecule has 2 aliphatic heterocycles. The molecular weight excluding hydrogens is 334 g/mol. The number of carbonyl (C=O) groups excluding carboxylic acids is 2. The Bertz CT molecular complexity index is 803. The van der Waals surface area contributed by atoms with Crippen molar-refractivity contribution in [2.45, 2.75) is 6.10 Å². The van der Waals surface area contributed by atoms with Gasteiger partial charge in [0.2, 0.25) is 6.10 Å². The van der Waals surface area contributed by atoms with E-state index in [0.29, 0.717) is 43.4 Å². The van der Waals surface area contributed by atoms with Crippen LogP contribution in [0.2, 0.25) is 0 Å².